The molecule has 0 aromatic heterocycles. The molecule has 0 bridgehead atoms. The van der Waals surface area contributed by atoms with E-state index in [2.05, 4.69) is 42.3 Å². The molecule has 106 valence electrons. The molecule has 1 heterocycles. The average Bonchev–Trinajstić information content (AvgIpc) is 2.86. The average molecular weight is 262 g/mol. The maximum atomic E-state index is 5.80. The number of hydrogen-bond acceptors (Lipinski definition) is 3. The molecule has 1 aromatic rings. The standard InChI is InChI=1S/C16H26N2O/c1-13(2)12-19-16-6-4-5-15(9-16)18-8-7-14(11-18)10-17-3/h4-6,9,13-14,17H,7-8,10-12H2,1-3H3. The van der Waals surface area contributed by atoms with Crippen LogP contribution in [0.5, 0.6) is 5.75 Å². The zero-order chi connectivity index (χ0) is 13.7. The largest absolute Gasteiger partial charge is 0.493 e. The smallest absolute Gasteiger partial charge is 0.121 e. The number of nitrogens with one attached hydrogen (secondary N) is 1. The molecule has 3 nitrogen and oxygen atoms in total. The predicted octanol–water partition coefficient (Wildman–Crippen LogP) is 2.77. The Kier molecular flexibility index (Phi) is 5.08. The minimum Gasteiger partial charge on any atom is -0.493 e. The lowest BCUT2D eigenvalue weighted by Gasteiger charge is -2.20. The Bertz CT molecular complexity index is 392. The maximum absolute atomic E-state index is 5.80. The number of hydrogen-bond donors (Lipinski definition) is 1. The Labute approximate surface area is 116 Å². The summed E-state index contributed by atoms with van der Waals surface area (Å²) < 4.78 is 5.80. The number of anilines is 1. The Morgan fingerprint density at radius 2 is 2.26 bits per heavy atom. The van der Waals surface area contributed by atoms with Crippen LogP contribution in [0.25, 0.3) is 0 Å². The van der Waals surface area contributed by atoms with Crippen molar-refractivity contribution < 1.29 is 4.74 Å². The third kappa shape index (κ3) is 4.13. The first-order valence-electron chi connectivity index (χ1n) is 7.31. The van der Waals surface area contributed by atoms with Crippen LogP contribution < -0.4 is 15.0 Å². The molecule has 0 amide bonds. The summed E-state index contributed by atoms with van der Waals surface area (Å²) in [5.41, 5.74) is 1.29. The van der Waals surface area contributed by atoms with Crippen molar-refractivity contribution >= 4 is 5.69 Å². The number of benzene rings is 1. The van der Waals surface area contributed by atoms with E-state index in [0.29, 0.717) is 5.92 Å². The van der Waals surface area contributed by atoms with Gasteiger partial charge in [0.1, 0.15) is 5.75 Å². The van der Waals surface area contributed by atoms with E-state index in [1.807, 2.05) is 13.1 Å². The van der Waals surface area contributed by atoms with E-state index in [-0.39, 0.29) is 0 Å². The van der Waals surface area contributed by atoms with Crippen LogP contribution in [0.15, 0.2) is 24.3 Å². The first-order chi connectivity index (χ1) is 9.19. The van der Waals surface area contributed by atoms with Gasteiger partial charge in [0, 0.05) is 24.8 Å². The van der Waals surface area contributed by atoms with Crippen LogP contribution in [0.4, 0.5) is 5.69 Å². The minimum absolute atomic E-state index is 0.565. The van der Waals surface area contributed by atoms with E-state index in [1.165, 1.54) is 12.1 Å². The zero-order valence-electron chi connectivity index (χ0n) is 12.4. The van der Waals surface area contributed by atoms with Crippen molar-refractivity contribution in [2.45, 2.75) is 20.3 Å². The summed E-state index contributed by atoms with van der Waals surface area (Å²) >= 11 is 0. The van der Waals surface area contributed by atoms with Crippen molar-refractivity contribution in [1.29, 1.82) is 0 Å². The summed E-state index contributed by atoms with van der Waals surface area (Å²) in [5, 5.41) is 3.27. The fraction of sp³-hybridized carbons (Fsp3) is 0.625. The lowest BCUT2D eigenvalue weighted by Crippen LogP contribution is -2.24. The van der Waals surface area contributed by atoms with E-state index in [9.17, 15) is 0 Å². The van der Waals surface area contributed by atoms with Gasteiger partial charge in [-0.15, -0.1) is 0 Å². The molecular weight excluding hydrogens is 236 g/mol. The van der Waals surface area contributed by atoms with Crippen LogP contribution >= 0.6 is 0 Å². The highest BCUT2D eigenvalue weighted by Gasteiger charge is 2.22. The third-order valence-electron chi connectivity index (χ3n) is 3.54. The van der Waals surface area contributed by atoms with Gasteiger partial charge in [-0.1, -0.05) is 19.9 Å². The van der Waals surface area contributed by atoms with Crippen molar-refractivity contribution in [1.82, 2.24) is 5.32 Å². The number of nitrogens with zero attached hydrogens (tertiary/aromatic N) is 1. The molecule has 1 fully saturated rings. The summed E-state index contributed by atoms with van der Waals surface area (Å²) in [6.45, 7) is 8.54. The van der Waals surface area contributed by atoms with Crippen molar-refractivity contribution in [3.05, 3.63) is 24.3 Å². The molecular formula is C16H26N2O. The van der Waals surface area contributed by atoms with Crippen LogP contribution in [-0.4, -0.2) is 33.3 Å². The van der Waals surface area contributed by atoms with Crippen molar-refractivity contribution in [3.8, 4) is 5.75 Å². The second-order valence-electron chi connectivity index (χ2n) is 5.86. The minimum atomic E-state index is 0.565. The van der Waals surface area contributed by atoms with Gasteiger partial charge in [-0.05, 0) is 44.0 Å². The first-order valence-corrected chi connectivity index (χ1v) is 7.31. The summed E-state index contributed by atoms with van der Waals surface area (Å²) in [6.07, 6.45) is 1.28. The molecule has 1 unspecified atom stereocenters. The van der Waals surface area contributed by atoms with Crippen molar-refractivity contribution in [2.75, 3.05) is 38.2 Å². The number of rotatable bonds is 6. The normalized spacial score (nSPS) is 19.2. The predicted molar refractivity (Wildman–Crippen MR) is 81.0 cm³/mol. The van der Waals surface area contributed by atoms with E-state index < -0.39 is 0 Å². The summed E-state index contributed by atoms with van der Waals surface area (Å²) in [4.78, 5) is 2.46. The molecule has 1 N–H and O–H groups in total. The van der Waals surface area contributed by atoms with E-state index in [4.69, 9.17) is 4.74 Å². The summed E-state index contributed by atoms with van der Waals surface area (Å²) in [5.74, 6) is 2.32. The highest BCUT2D eigenvalue weighted by molar-refractivity contribution is 5.51. The second kappa shape index (κ2) is 6.80. The van der Waals surface area contributed by atoms with Crippen molar-refractivity contribution in [2.24, 2.45) is 11.8 Å². The first kappa shape index (κ1) is 14.2. The molecule has 1 atom stereocenters. The topological polar surface area (TPSA) is 24.5 Å². The molecule has 2 rings (SSSR count). The SMILES string of the molecule is CNCC1CCN(c2cccc(OCC(C)C)c2)C1. The highest BCUT2D eigenvalue weighted by Crippen LogP contribution is 2.26. The Morgan fingerprint density at radius 1 is 1.42 bits per heavy atom. The molecule has 1 aliphatic heterocycles. The highest BCUT2D eigenvalue weighted by atomic mass is 16.5. The lowest BCUT2D eigenvalue weighted by molar-refractivity contribution is 0.271. The third-order valence-corrected chi connectivity index (χ3v) is 3.54. The van der Waals surface area contributed by atoms with Gasteiger partial charge < -0.3 is 15.0 Å². The van der Waals surface area contributed by atoms with E-state index in [0.717, 1.165) is 37.9 Å². The molecule has 1 aliphatic rings. The van der Waals surface area contributed by atoms with Gasteiger partial charge >= 0.3 is 0 Å². The van der Waals surface area contributed by atoms with Crippen LogP contribution in [0, 0.1) is 11.8 Å². The Hall–Kier alpha value is -1.22. The number of ether oxygens (including phenoxy) is 1. The Balaban J connectivity index is 1.95. The molecule has 3 heteroatoms. The molecule has 0 spiro atoms. The van der Waals surface area contributed by atoms with E-state index >= 15 is 0 Å². The monoisotopic (exact) mass is 262 g/mol. The maximum Gasteiger partial charge on any atom is 0.121 e. The molecule has 1 saturated heterocycles. The summed E-state index contributed by atoms with van der Waals surface area (Å²) in [6, 6.07) is 8.50. The van der Waals surface area contributed by atoms with Gasteiger partial charge in [-0.3, -0.25) is 0 Å². The summed E-state index contributed by atoms with van der Waals surface area (Å²) in [7, 11) is 2.03. The lowest BCUT2D eigenvalue weighted by atomic mass is 10.1. The van der Waals surface area contributed by atoms with E-state index in [1.54, 1.807) is 0 Å². The van der Waals surface area contributed by atoms with Gasteiger partial charge in [0.2, 0.25) is 0 Å². The van der Waals surface area contributed by atoms with Gasteiger partial charge in [-0.25, -0.2) is 0 Å². The Morgan fingerprint density at radius 3 is 3.00 bits per heavy atom. The van der Waals surface area contributed by atoms with Gasteiger partial charge in [-0.2, -0.15) is 0 Å². The van der Waals surface area contributed by atoms with Gasteiger partial charge in [0.05, 0.1) is 6.61 Å². The molecule has 0 aliphatic carbocycles. The molecule has 0 radical (unpaired) electrons. The quantitative estimate of drug-likeness (QED) is 0.853. The molecule has 0 saturated carbocycles. The van der Waals surface area contributed by atoms with Gasteiger partial charge in [0.15, 0.2) is 0 Å². The van der Waals surface area contributed by atoms with Gasteiger partial charge in [0.25, 0.3) is 0 Å². The van der Waals surface area contributed by atoms with Crippen LogP contribution in [-0.2, 0) is 0 Å². The molecule has 19 heavy (non-hydrogen) atoms. The fourth-order valence-corrected chi connectivity index (χ4v) is 2.56. The fourth-order valence-electron chi connectivity index (χ4n) is 2.56. The van der Waals surface area contributed by atoms with Crippen LogP contribution in [0.1, 0.15) is 20.3 Å². The van der Waals surface area contributed by atoms with Crippen LogP contribution in [0.2, 0.25) is 0 Å². The van der Waals surface area contributed by atoms with Crippen molar-refractivity contribution in [3.63, 3.8) is 0 Å². The molecule has 1 aromatic carbocycles. The second-order valence-corrected chi connectivity index (χ2v) is 5.86. The van der Waals surface area contributed by atoms with Crippen LogP contribution in [0.3, 0.4) is 0 Å². The zero-order valence-corrected chi connectivity index (χ0v) is 12.4.